The summed E-state index contributed by atoms with van der Waals surface area (Å²) in [6, 6.07) is 22.2. The van der Waals surface area contributed by atoms with Crippen molar-refractivity contribution in [2.75, 3.05) is 0 Å². The fourth-order valence-corrected chi connectivity index (χ4v) is 4.37. The van der Waals surface area contributed by atoms with E-state index in [1.54, 1.807) is 22.2 Å². The molecule has 4 nitrogen and oxygen atoms in total. The molecule has 2 aromatic carbocycles. The van der Waals surface area contributed by atoms with Crippen LogP contribution in [0, 0.1) is 0 Å². The highest BCUT2D eigenvalue weighted by atomic mass is 32.1. The smallest absolute Gasteiger partial charge is 0.267 e. The third-order valence-corrected chi connectivity index (χ3v) is 5.82. The first-order valence-electron chi connectivity index (χ1n) is 9.17. The first-order chi connectivity index (χ1) is 13.8. The van der Waals surface area contributed by atoms with Gasteiger partial charge >= 0.3 is 0 Å². The van der Waals surface area contributed by atoms with Crippen LogP contribution in [0.5, 0.6) is 0 Å². The number of nitrogens with zero attached hydrogens (tertiary/aromatic N) is 3. The molecule has 0 aliphatic heterocycles. The van der Waals surface area contributed by atoms with Crippen molar-refractivity contribution in [3.05, 3.63) is 94.4 Å². The van der Waals surface area contributed by atoms with Crippen LogP contribution >= 0.6 is 11.3 Å². The topological polar surface area (TPSA) is 47.8 Å². The molecule has 3 aromatic heterocycles. The van der Waals surface area contributed by atoms with Gasteiger partial charge in [-0.25, -0.2) is 4.68 Å². The average Bonchev–Trinajstić information content (AvgIpc) is 3.19. The molecular weight excluding hydrogens is 366 g/mol. The first-order valence-corrected chi connectivity index (χ1v) is 10.0. The number of pyridine rings is 1. The second-order valence-corrected chi connectivity index (χ2v) is 7.58. The Morgan fingerprint density at radius 1 is 0.929 bits per heavy atom. The molecule has 0 saturated carbocycles. The second kappa shape index (κ2) is 7.02. The summed E-state index contributed by atoms with van der Waals surface area (Å²) in [5.41, 5.74) is 3.92. The molecule has 0 bridgehead atoms. The lowest BCUT2D eigenvalue weighted by atomic mass is 10.1. The van der Waals surface area contributed by atoms with Crippen LogP contribution in [0.2, 0.25) is 0 Å². The Kier molecular flexibility index (Phi) is 4.22. The maximum Gasteiger partial charge on any atom is 0.276 e. The molecule has 5 aromatic rings. The summed E-state index contributed by atoms with van der Waals surface area (Å²) in [4.78, 5) is 17.8. The number of aryl methyl sites for hydroxylation is 2. The Morgan fingerprint density at radius 3 is 2.64 bits per heavy atom. The standard InChI is InChI=1S/C23H17N3OS/c27-23-22-19(16-6-2-1-3-7-16)15-28-21(22)14-24-26(23)13-12-18-11-10-17-8-4-5-9-20(17)25-18/h1-11,14-15H,12-13H2. The van der Waals surface area contributed by atoms with Crippen LogP contribution in [0.25, 0.3) is 32.1 Å². The largest absolute Gasteiger partial charge is 0.276 e. The van der Waals surface area contributed by atoms with Crippen molar-refractivity contribution >= 4 is 32.3 Å². The maximum atomic E-state index is 13.1. The molecule has 0 spiro atoms. The van der Waals surface area contributed by atoms with Crippen molar-refractivity contribution < 1.29 is 0 Å². The lowest BCUT2D eigenvalue weighted by molar-refractivity contribution is 0.580. The van der Waals surface area contributed by atoms with Crippen LogP contribution < -0.4 is 5.56 Å². The molecule has 136 valence electrons. The number of hydrogen-bond donors (Lipinski definition) is 0. The Balaban J connectivity index is 1.49. The molecule has 5 rings (SSSR count). The molecule has 0 amide bonds. The van der Waals surface area contributed by atoms with Gasteiger partial charge in [0.15, 0.2) is 0 Å². The number of benzene rings is 2. The fraction of sp³-hybridized carbons (Fsp3) is 0.0870. The number of rotatable bonds is 4. The van der Waals surface area contributed by atoms with Crippen molar-refractivity contribution in [2.24, 2.45) is 0 Å². The molecule has 28 heavy (non-hydrogen) atoms. The minimum atomic E-state index is -0.0432. The van der Waals surface area contributed by atoms with E-state index in [4.69, 9.17) is 4.98 Å². The van der Waals surface area contributed by atoms with Crippen molar-refractivity contribution in [1.29, 1.82) is 0 Å². The number of aromatic nitrogens is 3. The Bertz CT molecular complexity index is 1340. The van der Waals surface area contributed by atoms with Crippen molar-refractivity contribution in [1.82, 2.24) is 14.8 Å². The van der Waals surface area contributed by atoms with Crippen molar-refractivity contribution in [3.63, 3.8) is 0 Å². The number of para-hydroxylation sites is 1. The Labute approximate surface area is 165 Å². The lowest BCUT2D eigenvalue weighted by Crippen LogP contribution is -2.23. The summed E-state index contributed by atoms with van der Waals surface area (Å²) in [5.74, 6) is 0. The maximum absolute atomic E-state index is 13.1. The van der Waals surface area contributed by atoms with Crippen LogP contribution in [0.1, 0.15) is 5.69 Å². The van der Waals surface area contributed by atoms with Gasteiger partial charge in [-0.3, -0.25) is 9.78 Å². The summed E-state index contributed by atoms with van der Waals surface area (Å²) in [5, 5.41) is 8.28. The molecule has 0 atom stereocenters. The van der Waals surface area contributed by atoms with Crippen molar-refractivity contribution in [3.8, 4) is 11.1 Å². The Hall–Kier alpha value is -3.31. The van der Waals surface area contributed by atoms with E-state index in [0.29, 0.717) is 13.0 Å². The number of hydrogen-bond acceptors (Lipinski definition) is 4. The monoisotopic (exact) mass is 383 g/mol. The van der Waals surface area contributed by atoms with Gasteiger partial charge in [-0.15, -0.1) is 11.3 Å². The van der Waals surface area contributed by atoms with Gasteiger partial charge < -0.3 is 0 Å². The molecule has 0 N–H and O–H groups in total. The predicted molar refractivity (Wildman–Crippen MR) is 115 cm³/mol. The SMILES string of the molecule is O=c1c2c(-c3ccccc3)csc2cnn1CCc1ccc2ccccc2n1. The zero-order valence-corrected chi connectivity index (χ0v) is 15.9. The van der Waals surface area contributed by atoms with Gasteiger partial charge in [-0.2, -0.15) is 5.10 Å². The summed E-state index contributed by atoms with van der Waals surface area (Å²) in [6.07, 6.45) is 2.45. The fourth-order valence-electron chi connectivity index (χ4n) is 3.45. The third-order valence-electron chi connectivity index (χ3n) is 4.90. The third kappa shape index (κ3) is 3.00. The highest BCUT2D eigenvalue weighted by Gasteiger charge is 2.13. The van der Waals surface area contributed by atoms with E-state index in [-0.39, 0.29) is 5.56 Å². The predicted octanol–water partition coefficient (Wildman–Crippen LogP) is 4.92. The van der Waals surface area contributed by atoms with Crippen molar-refractivity contribution in [2.45, 2.75) is 13.0 Å². The summed E-state index contributed by atoms with van der Waals surface area (Å²) in [6.45, 7) is 0.504. The van der Waals surface area contributed by atoms with Crippen LogP contribution in [0.15, 0.2) is 83.1 Å². The molecule has 0 saturated heterocycles. The zero-order chi connectivity index (χ0) is 18.9. The molecule has 0 aliphatic carbocycles. The average molecular weight is 383 g/mol. The van der Waals surface area contributed by atoms with Gasteiger partial charge in [-0.05, 0) is 17.7 Å². The quantitative estimate of drug-likeness (QED) is 0.443. The normalized spacial score (nSPS) is 11.3. The van der Waals surface area contributed by atoms with Crippen LogP contribution in [0.4, 0.5) is 0 Å². The highest BCUT2D eigenvalue weighted by Crippen LogP contribution is 2.31. The molecule has 0 aliphatic rings. The molecule has 3 heterocycles. The van der Waals surface area contributed by atoms with Gasteiger partial charge in [0, 0.05) is 28.4 Å². The van der Waals surface area contributed by atoms with Crippen LogP contribution in [-0.4, -0.2) is 14.8 Å². The molecule has 0 radical (unpaired) electrons. The minimum Gasteiger partial charge on any atom is -0.267 e. The van der Waals surface area contributed by atoms with Crippen LogP contribution in [0.3, 0.4) is 0 Å². The van der Waals surface area contributed by atoms with Crippen LogP contribution in [-0.2, 0) is 13.0 Å². The highest BCUT2D eigenvalue weighted by molar-refractivity contribution is 7.17. The summed E-state index contributed by atoms with van der Waals surface area (Å²) < 4.78 is 2.47. The van der Waals surface area contributed by atoms with E-state index in [9.17, 15) is 4.79 Å². The second-order valence-electron chi connectivity index (χ2n) is 6.67. The van der Waals surface area contributed by atoms with Gasteiger partial charge in [0.2, 0.25) is 0 Å². The zero-order valence-electron chi connectivity index (χ0n) is 15.1. The van der Waals surface area contributed by atoms with Gasteiger partial charge in [-0.1, -0.05) is 54.6 Å². The summed E-state index contributed by atoms with van der Waals surface area (Å²) in [7, 11) is 0. The van der Waals surface area contributed by atoms with E-state index >= 15 is 0 Å². The van der Waals surface area contributed by atoms with E-state index in [2.05, 4.69) is 11.2 Å². The van der Waals surface area contributed by atoms with E-state index in [1.807, 2.05) is 66.0 Å². The van der Waals surface area contributed by atoms with Gasteiger partial charge in [0.05, 0.1) is 28.3 Å². The number of thiophene rings is 1. The molecular formula is C23H17N3OS. The minimum absolute atomic E-state index is 0.0432. The van der Waals surface area contributed by atoms with E-state index < -0.39 is 0 Å². The number of fused-ring (bicyclic) bond motifs is 2. The Morgan fingerprint density at radius 2 is 1.75 bits per heavy atom. The molecule has 0 unspecified atom stereocenters. The lowest BCUT2D eigenvalue weighted by Gasteiger charge is -2.06. The van der Waals surface area contributed by atoms with E-state index in [0.717, 1.165) is 37.8 Å². The van der Waals surface area contributed by atoms with Gasteiger partial charge in [0.25, 0.3) is 5.56 Å². The molecule has 0 fully saturated rings. The van der Waals surface area contributed by atoms with E-state index in [1.165, 1.54) is 0 Å². The molecule has 5 heteroatoms. The van der Waals surface area contributed by atoms with Gasteiger partial charge in [0.1, 0.15) is 0 Å². The summed E-state index contributed by atoms with van der Waals surface area (Å²) >= 11 is 1.56. The first kappa shape index (κ1) is 16.8.